The second-order valence-electron chi connectivity index (χ2n) is 5.20. The maximum absolute atomic E-state index is 10.7. The number of carboxylic acid groups (broad SMARTS) is 1. The lowest BCUT2D eigenvalue weighted by atomic mass is 10.1. The van der Waals surface area contributed by atoms with Gasteiger partial charge in [-0.2, -0.15) is 0 Å². The molecule has 0 aliphatic heterocycles. The average Bonchev–Trinajstić information content (AvgIpc) is 3.23. The summed E-state index contributed by atoms with van der Waals surface area (Å²) in [5.41, 5.74) is 0.281. The summed E-state index contributed by atoms with van der Waals surface area (Å²) in [5, 5.41) is 12.2. The Hall–Kier alpha value is -1.55. The molecule has 1 aromatic rings. The van der Waals surface area contributed by atoms with Crippen LogP contribution in [0.25, 0.3) is 0 Å². The van der Waals surface area contributed by atoms with Crippen LogP contribution < -0.4 is 10.1 Å². The Labute approximate surface area is 113 Å². The van der Waals surface area contributed by atoms with E-state index in [4.69, 9.17) is 9.84 Å². The molecular weight excluding hydrogens is 242 g/mol. The Kier molecular flexibility index (Phi) is 4.80. The van der Waals surface area contributed by atoms with Crippen LogP contribution in [-0.4, -0.2) is 30.8 Å². The van der Waals surface area contributed by atoms with E-state index in [2.05, 4.69) is 12.2 Å². The first kappa shape index (κ1) is 13.9. The largest absolute Gasteiger partial charge is 0.492 e. The van der Waals surface area contributed by atoms with E-state index in [1.165, 1.54) is 12.8 Å². The maximum Gasteiger partial charge on any atom is 0.335 e. The van der Waals surface area contributed by atoms with Crippen molar-refractivity contribution in [3.8, 4) is 5.75 Å². The molecule has 1 unspecified atom stereocenters. The van der Waals surface area contributed by atoms with Gasteiger partial charge in [0, 0.05) is 6.54 Å². The highest BCUT2D eigenvalue weighted by Gasteiger charge is 2.27. The Balaban J connectivity index is 1.60. The molecule has 4 heteroatoms. The molecule has 4 nitrogen and oxygen atoms in total. The van der Waals surface area contributed by atoms with Gasteiger partial charge in [0.05, 0.1) is 5.56 Å². The van der Waals surface area contributed by atoms with Crippen LogP contribution in [0.2, 0.25) is 0 Å². The Morgan fingerprint density at radius 3 is 2.68 bits per heavy atom. The van der Waals surface area contributed by atoms with Crippen LogP contribution in [0, 0.1) is 11.8 Å². The molecule has 0 heterocycles. The molecule has 0 amide bonds. The predicted molar refractivity (Wildman–Crippen MR) is 73.7 cm³/mol. The van der Waals surface area contributed by atoms with Gasteiger partial charge in [-0.3, -0.25) is 0 Å². The second-order valence-corrected chi connectivity index (χ2v) is 5.20. The molecule has 1 saturated carbocycles. The molecule has 1 aliphatic rings. The van der Waals surface area contributed by atoms with Crippen LogP contribution in [0.4, 0.5) is 0 Å². The van der Waals surface area contributed by atoms with Crippen LogP contribution in [0.15, 0.2) is 24.3 Å². The summed E-state index contributed by atoms with van der Waals surface area (Å²) in [5.74, 6) is 1.48. The first-order valence-electron chi connectivity index (χ1n) is 6.83. The lowest BCUT2D eigenvalue weighted by Gasteiger charge is -2.12. The van der Waals surface area contributed by atoms with Gasteiger partial charge in [-0.1, -0.05) is 6.92 Å². The standard InChI is InChI=1S/C15H21NO3/c1-11(12-2-3-12)10-16-8-9-19-14-6-4-13(5-7-14)15(17)18/h4-7,11-12,16H,2-3,8-10H2,1H3,(H,17,18). The van der Waals surface area contributed by atoms with E-state index in [9.17, 15) is 4.79 Å². The van der Waals surface area contributed by atoms with Gasteiger partial charge in [0.1, 0.15) is 12.4 Å². The van der Waals surface area contributed by atoms with Crippen molar-refractivity contribution < 1.29 is 14.6 Å². The van der Waals surface area contributed by atoms with Crippen molar-refractivity contribution in [1.82, 2.24) is 5.32 Å². The van der Waals surface area contributed by atoms with Crippen molar-refractivity contribution >= 4 is 5.97 Å². The highest BCUT2D eigenvalue weighted by molar-refractivity contribution is 5.87. The van der Waals surface area contributed by atoms with E-state index in [0.717, 1.165) is 24.9 Å². The molecule has 2 rings (SSSR count). The van der Waals surface area contributed by atoms with Crippen molar-refractivity contribution in [3.05, 3.63) is 29.8 Å². The van der Waals surface area contributed by atoms with Gasteiger partial charge in [-0.15, -0.1) is 0 Å². The molecule has 104 valence electrons. The zero-order valence-corrected chi connectivity index (χ0v) is 11.3. The van der Waals surface area contributed by atoms with Crippen LogP contribution >= 0.6 is 0 Å². The first-order chi connectivity index (χ1) is 9.16. The summed E-state index contributed by atoms with van der Waals surface area (Å²) in [6.07, 6.45) is 2.77. The summed E-state index contributed by atoms with van der Waals surface area (Å²) in [7, 11) is 0. The summed E-state index contributed by atoms with van der Waals surface area (Å²) in [4.78, 5) is 10.7. The molecule has 0 spiro atoms. The van der Waals surface area contributed by atoms with Gasteiger partial charge in [0.25, 0.3) is 0 Å². The maximum atomic E-state index is 10.7. The van der Waals surface area contributed by atoms with Crippen molar-refractivity contribution in [2.75, 3.05) is 19.7 Å². The predicted octanol–water partition coefficient (Wildman–Crippen LogP) is 2.40. The molecule has 0 saturated heterocycles. The third-order valence-electron chi connectivity index (χ3n) is 3.54. The summed E-state index contributed by atoms with van der Waals surface area (Å²) in [6, 6.07) is 6.49. The number of hydrogen-bond donors (Lipinski definition) is 2. The number of rotatable bonds is 8. The fourth-order valence-electron chi connectivity index (χ4n) is 2.10. The summed E-state index contributed by atoms with van der Waals surface area (Å²) >= 11 is 0. The minimum absolute atomic E-state index is 0.281. The molecule has 1 aliphatic carbocycles. The Bertz CT molecular complexity index is 412. The van der Waals surface area contributed by atoms with Crippen molar-refractivity contribution in [2.45, 2.75) is 19.8 Å². The monoisotopic (exact) mass is 263 g/mol. The van der Waals surface area contributed by atoms with Crippen molar-refractivity contribution in [3.63, 3.8) is 0 Å². The molecular formula is C15H21NO3. The van der Waals surface area contributed by atoms with Gasteiger partial charge >= 0.3 is 5.97 Å². The Morgan fingerprint density at radius 2 is 2.11 bits per heavy atom. The van der Waals surface area contributed by atoms with E-state index in [1.54, 1.807) is 24.3 Å². The zero-order chi connectivity index (χ0) is 13.7. The number of hydrogen-bond acceptors (Lipinski definition) is 3. The van der Waals surface area contributed by atoms with Gasteiger partial charge in [-0.05, 0) is 55.5 Å². The minimum atomic E-state index is -0.915. The molecule has 19 heavy (non-hydrogen) atoms. The van der Waals surface area contributed by atoms with Gasteiger partial charge in [0.15, 0.2) is 0 Å². The number of carbonyl (C=O) groups is 1. The number of carboxylic acids is 1. The van der Waals surface area contributed by atoms with Gasteiger partial charge < -0.3 is 15.2 Å². The summed E-state index contributed by atoms with van der Waals surface area (Å²) in [6.45, 7) is 4.75. The molecule has 0 aromatic heterocycles. The average molecular weight is 263 g/mol. The van der Waals surface area contributed by atoms with E-state index < -0.39 is 5.97 Å². The van der Waals surface area contributed by atoms with Crippen molar-refractivity contribution in [1.29, 1.82) is 0 Å². The van der Waals surface area contributed by atoms with E-state index in [1.807, 2.05) is 0 Å². The molecule has 1 fully saturated rings. The third-order valence-corrected chi connectivity index (χ3v) is 3.54. The molecule has 1 atom stereocenters. The van der Waals surface area contributed by atoms with Gasteiger partial charge in [-0.25, -0.2) is 4.79 Å². The van der Waals surface area contributed by atoms with Crippen LogP contribution in [-0.2, 0) is 0 Å². The quantitative estimate of drug-likeness (QED) is 0.707. The molecule has 1 aromatic carbocycles. The number of nitrogens with one attached hydrogen (secondary N) is 1. The van der Waals surface area contributed by atoms with Gasteiger partial charge in [0.2, 0.25) is 0 Å². The SMILES string of the molecule is CC(CNCCOc1ccc(C(=O)O)cc1)C1CC1. The second kappa shape index (κ2) is 6.57. The molecule has 2 N–H and O–H groups in total. The van der Waals surface area contributed by atoms with Crippen LogP contribution in [0.5, 0.6) is 5.75 Å². The topological polar surface area (TPSA) is 58.6 Å². The normalized spacial score (nSPS) is 16.1. The number of benzene rings is 1. The lowest BCUT2D eigenvalue weighted by Crippen LogP contribution is -2.26. The van der Waals surface area contributed by atoms with E-state index in [-0.39, 0.29) is 5.56 Å². The fourth-order valence-corrected chi connectivity index (χ4v) is 2.10. The van der Waals surface area contributed by atoms with Crippen LogP contribution in [0.1, 0.15) is 30.1 Å². The smallest absolute Gasteiger partial charge is 0.335 e. The zero-order valence-electron chi connectivity index (χ0n) is 11.3. The Morgan fingerprint density at radius 1 is 1.42 bits per heavy atom. The minimum Gasteiger partial charge on any atom is -0.492 e. The lowest BCUT2D eigenvalue weighted by molar-refractivity contribution is 0.0697. The van der Waals surface area contributed by atoms with Crippen molar-refractivity contribution in [2.24, 2.45) is 11.8 Å². The fraction of sp³-hybridized carbons (Fsp3) is 0.533. The summed E-state index contributed by atoms with van der Waals surface area (Å²) < 4.78 is 5.54. The van der Waals surface area contributed by atoms with E-state index >= 15 is 0 Å². The third kappa shape index (κ3) is 4.56. The molecule has 0 bridgehead atoms. The molecule has 0 radical (unpaired) electrons. The number of aromatic carboxylic acids is 1. The first-order valence-corrected chi connectivity index (χ1v) is 6.83. The highest BCUT2D eigenvalue weighted by Crippen LogP contribution is 2.35. The van der Waals surface area contributed by atoms with E-state index in [0.29, 0.717) is 12.4 Å². The number of ether oxygens (including phenoxy) is 1. The highest BCUT2D eigenvalue weighted by atomic mass is 16.5. The van der Waals surface area contributed by atoms with Crippen LogP contribution in [0.3, 0.4) is 0 Å².